The van der Waals surface area contributed by atoms with Crippen molar-refractivity contribution in [2.75, 3.05) is 6.61 Å². The molecule has 0 saturated carbocycles. The van der Waals surface area contributed by atoms with Crippen molar-refractivity contribution >= 4 is 11.9 Å². The molecule has 0 spiro atoms. The van der Waals surface area contributed by atoms with Gasteiger partial charge in [0, 0.05) is 25.3 Å². The van der Waals surface area contributed by atoms with E-state index in [4.69, 9.17) is 15.2 Å². The Bertz CT molecular complexity index is 768. The topological polar surface area (TPSA) is 119 Å². The number of allylic oxidation sites excluding steroid dienone is 4. The van der Waals surface area contributed by atoms with Gasteiger partial charge in [-0.15, -0.1) is 0 Å². The minimum absolute atomic E-state index is 0.170. The molecule has 2 unspecified atom stereocenters. The third kappa shape index (κ3) is 34.2. The number of unbranched alkanes of at least 4 members (excludes halogenated alkanes) is 22. The van der Waals surface area contributed by atoms with E-state index < -0.39 is 24.4 Å². The summed E-state index contributed by atoms with van der Waals surface area (Å²) in [5, 5.41) is 18.7. The summed E-state index contributed by atoms with van der Waals surface area (Å²) in [4.78, 5) is 24.8. The van der Waals surface area contributed by atoms with Gasteiger partial charge in [0.15, 0.2) is 12.4 Å². The number of hydrogen-bond acceptors (Lipinski definition) is 7. The number of carbonyl (C=O) groups is 2. The van der Waals surface area contributed by atoms with E-state index in [1.165, 1.54) is 103 Å². The molecule has 7 nitrogen and oxygen atoms in total. The number of nitrogens with two attached hydrogens (primary N) is 1. The lowest BCUT2D eigenvalue weighted by Crippen LogP contribution is -2.43. The molecule has 0 aromatic carbocycles. The fourth-order valence-corrected chi connectivity index (χ4v) is 5.80. The summed E-state index contributed by atoms with van der Waals surface area (Å²) in [5.41, 5.74) is 6.08. The molecule has 0 heterocycles. The standard InChI is InChI=1S/C41H77NO6/c1-3-5-7-9-11-13-15-17-19-21-23-25-27-29-31-33-40(45)47-36-38(37(42)35-39(43)44)48-41(46)34-32-30-28-26-24-22-20-18-16-14-12-10-8-6-4-2/h17-20,37-39,43-44H,3-16,21-36,42H2,1-2H3/b19-17-,20-18-. The highest BCUT2D eigenvalue weighted by atomic mass is 16.6. The molecule has 0 radical (unpaired) electrons. The van der Waals surface area contributed by atoms with Crippen molar-refractivity contribution < 1.29 is 29.3 Å². The van der Waals surface area contributed by atoms with Crippen LogP contribution < -0.4 is 5.73 Å². The first-order valence-corrected chi connectivity index (χ1v) is 20.2. The van der Waals surface area contributed by atoms with Crippen LogP contribution in [0.4, 0.5) is 0 Å². The molecule has 2 atom stereocenters. The Morgan fingerprint density at radius 1 is 0.542 bits per heavy atom. The number of hydrogen-bond donors (Lipinski definition) is 3. The molecule has 0 aliphatic heterocycles. The summed E-state index contributed by atoms with van der Waals surface area (Å²) in [7, 11) is 0. The quantitative estimate of drug-likeness (QED) is 0.0261. The van der Waals surface area contributed by atoms with Gasteiger partial charge in [0.05, 0.1) is 0 Å². The lowest BCUT2D eigenvalue weighted by Gasteiger charge is -2.24. The van der Waals surface area contributed by atoms with Crippen molar-refractivity contribution in [2.24, 2.45) is 5.73 Å². The Hall–Kier alpha value is -1.70. The third-order valence-corrected chi connectivity index (χ3v) is 8.94. The zero-order chi connectivity index (χ0) is 35.3. The number of carbonyl (C=O) groups excluding carboxylic acids is 2. The van der Waals surface area contributed by atoms with Crippen molar-refractivity contribution in [3.63, 3.8) is 0 Å². The molecule has 0 aliphatic carbocycles. The normalized spacial score (nSPS) is 13.1. The van der Waals surface area contributed by atoms with Crippen molar-refractivity contribution in [2.45, 2.75) is 218 Å². The Morgan fingerprint density at radius 2 is 0.896 bits per heavy atom. The molecular formula is C41H77NO6. The molecule has 0 bridgehead atoms. The van der Waals surface area contributed by atoms with Gasteiger partial charge in [0.2, 0.25) is 0 Å². The maximum absolute atomic E-state index is 12.5. The first-order chi connectivity index (χ1) is 23.4. The van der Waals surface area contributed by atoms with Crippen molar-refractivity contribution in [3.8, 4) is 0 Å². The van der Waals surface area contributed by atoms with Gasteiger partial charge in [-0.1, -0.05) is 141 Å². The second-order valence-corrected chi connectivity index (χ2v) is 13.8. The van der Waals surface area contributed by atoms with E-state index in [0.29, 0.717) is 6.42 Å². The number of aliphatic hydroxyl groups excluding tert-OH is 1. The number of esters is 2. The summed E-state index contributed by atoms with van der Waals surface area (Å²) in [6.07, 6.45) is 38.0. The molecule has 7 heteroatoms. The lowest BCUT2D eigenvalue weighted by atomic mass is 10.1. The highest BCUT2D eigenvalue weighted by Gasteiger charge is 2.25. The molecule has 48 heavy (non-hydrogen) atoms. The van der Waals surface area contributed by atoms with Crippen LogP contribution in [-0.2, 0) is 19.1 Å². The number of ether oxygens (including phenoxy) is 2. The van der Waals surface area contributed by atoms with E-state index in [1.54, 1.807) is 0 Å². The van der Waals surface area contributed by atoms with Crippen molar-refractivity contribution in [3.05, 3.63) is 24.3 Å². The van der Waals surface area contributed by atoms with E-state index in [9.17, 15) is 19.8 Å². The maximum Gasteiger partial charge on any atom is 0.306 e. The highest BCUT2D eigenvalue weighted by molar-refractivity contribution is 5.70. The van der Waals surface area contributed by atoms with E-state index >= 15 is 0 Å². The second-order valence-electron chi connectivity index (χ2n) is 13.8. The van der Waals surface area contributed by atoms with Crippen LogP contribution >= 0.6 is 0 Å². The second kappa shape index (κ2) is 36.6. The van der Waals surface area contributed by atoms with Gasteiger partial charge in [0.1, 0.15) is 6.61 Å². The average molecular weight is 680 g/mol. The van der Waals surface area contributed by atoms with E-state index in [0.717, 1.165) is 64.2 Å². The molecule has 4 N–H and O–H groups in total. The third-order valence-electron chi connectivity index (χ3n) is 8.94. The van der Waals surface area contributed by atoms with E-state index in [2.05, 4.69) is 38.2 Å². The highest BCUT2D eigenvalue weighted by Crippen LogP contribution is 2.14. The van der Waals surface area contributed by atoms with Crippen LogP contribution in [0.1, 0.15) is 200 Å². The minimum atomic E-state index is -1.63. The van der Waals surface area contributed by atoms with Gasteiger partial charge in [-0.3, -0.25) is 9.59 Å². The van der Waals surface area contributed by atoms with Crippen LogP contribution in [0.5, 0.6) is 0 Å². The van der Waals surface area contributed by atoms with E-state index in [1.807, 2.05) is 0 Å². The Morgan fingerprint density at radius 3 is 1.29 bits per heavy atom. The Kier molecular flexibility index (Phi) is 35.3. The van der Waals surface area contributed by atoms with Crippen LogP contribution in [0, 0.1) is 0 Å². The molecule has 0 aliphatic rings. The molecule has 0 saturated heterocycles. The zero-order valence-electron chi connectivity index (χ0n) is 31.4. The van der Waals surface area contributed by atoms with Crippen molar-refractivity contribution in [1.29, 1.82) is 0 Å². The SMILES string of the molecule is CCCCCCCC/C=C\CCCCCCCC(=O)OCC(OC(=O)CCCCCCC/C=C\CCCCCCCC)C(N)CC(O)O. The van der Waals surface area contributed by atoms with Gasteiger partial charge >= 0.3 is 11.9 Å². The van der Waals surface area contributed by atoms with E-state index in [-0.39, 0.29) is 25.4 Å². The Balaban J connectivity index is 3.99. The summed E-state index contributed by atoms with van der Waals surface area (Å²) in [6, 6.07) is -0.837. The monoisotopic (exact) mass is 680 g/mol. The van der Waals surface area contributed by atoms with Crippen LogP contribution in [0.2, 0.25) is 0 Å². The average Bonchev–Trinajstić information content (AvgIpc) is 3.06. The summed E-state index contributed by atoms with van der Waals surface area (Å²) in [6.45, 7) is 4.33. The first-order valence-electron chi connectivity index (χ1n) is 20.2. The zero-order valence-corrected chi connectivity index (χ0v) is 31.4. The number of aliphatic hydroxyl groups is 2. The predicted octanol–water partition coefficient (Wildman–Crippen LogP) is 10.5. The fraction of sp³-hybridized carbons (Fsp3) is 0.854. The van der Waals surface area contributed by atoms with Gasteiger partial charge < -0.3 is 25.4 Å². The summed E-state index contributed by atoms with van der Waals surface area (Å²) < 4.78 is 10.9. The predicted molar refractivity (Wildman–Crippen MR) is 201 cm³/mol. The van der Waals surface area contributed by atoms with Crippen molar-refractivity contribution in [1.82, 2.24) is 0 Å². The van der Waals surface area contributed by atoms with Gasteiger partial charge in [0.25, 0.3) is 0 Å². The lowest BCUT2D eigenvalue weighted by molar-refractivity contribution is -0.162. The molecule has 0 amide bonds. The van der Waals surface area contributed by atoms with Crippen LogP contribution in [0.25, 0.3) is 0 Å². The fourth-order valence-electron chi connectivity index (χ4n) is 5.80. The van der Waals surface area contributed by atoms with Gasteiger partial charge in [-0.2, -0.15) is 0 Å². The minimum Gasteiger partial charge on any atom is -0.462 e. The van der Waals surface area contributed by atoms with Crippen LogP contribution in [-0.4, -0.2) is 47.2 Å². The van der Waals surface area contributed by atoms with Crippen LogP contribution in [0.15, 0.2) is 24.3 Å². The molecule has 0 aromatic rings. The molecule has 0 fully saturated rings. The molecular weight excluding hydrogens is 602 g/mol. The number of rotatable bonds is 36. The molecule has 0 rings (SSSR count). The largest absolute Gasteiger partial charge is 0.462 e. The Labute approximate surface area is 295 Å². The smallest absolute Gasteiger partial charge is 0.306 e. The molecule has 282 valence electrons. The van der Waals surface area contributed by atoms with Gasteiger partial charge in [-0.25, -0.2) is 0 Å². The van der Waals surface area contributed by atoms with Crippen LogP contribution in [0.3, 0.4) is 0 Å². The maximum atomic E-state index is 12.5. The first kappa shape index (κ1) is 46.3. The van der Waals surface area contributed by atoms with Gasteiger partial charge in [-0.05, 0) is 64.2 Å². The summed E-state index contributed by atoms with van der Waals surface area (Å²) >= 11 is 0. The summed E-state index contributed by atoms with van der Waals surface area (Å²) in [5.74, 6) is -0.739. The molecule has 0 aromatic heterocycles.